The third-order valence-corrected chi connectivity index (χ3v) is 6.47. The normalized spacial score (nSPS) is 23.3. The number of carbonyl (C=O) groups excluding carboxylic acids is 1. The standard InChI is InChI=1S/C14H21N5O5S/c1-16-9-12(8-15-16)19-6-5-17(25(19,23)24)10-13(20)18-4-2-3-11(18)7-14(21)22/h8-9,11H,2-7,10H2,1H3,(H,21,22)/t11-/m1/s1. The molecule has 0 unspecified atom stereocenters. The predicted molar refractivity (Wildman–Crippen MR) is 88.0 cm³/mol. The van der Waals surface area contributed by atoms with Crippen LogP contribution in [0.2, 0.25) is 0 Å². The van der Waals surface area contributed by atoms with Gasteiger partial charge in [-0.15, -0.1) is 0 Å². The van der Waals surface area contributed by atoms with Crippen LogP contribution in [0.15, 0.2) is 12.4 Å². The van der Waals surface area contributed by atoms with Crippen molar-refractivity contribution < 1.29 is 23.1 Å². The van der Waals surface area contributed by atoms with Gasteiger partial charge in [-0.3, -0.25) is 18.6 Å². The third kappa shape index (κ3) is 3.47. The van der Waals surface area contributed by atoms with Gasteiger partial charge in [0.05, 0.1) is 24.8 Å². The lowest BCUT2D eigenvalue weighted by molar-refractivity contribution is -0.139. The Kier molecular flexibility index (Phi) is 4.69. The smallest absolute Gasteiger partial charge is 0.305 e. The second kappa shape index (κ2) is 6.64. The zero-order valence-electron chi connectivity index (χ0n) is 13.9. The van der Waals surface area contributed by atoms with Crippen LogP contribution in [0.25, 0.3) is 0 Å². The SMILES string of the molecule is Cn1cc(N2CCN(CC(=O)N3CCC[C@@H]3CC(=O)O)S2(=O)=O)cn1. The van der Waals surface area contributed by atoms with E-state index >= 15 is 0 Å². The summed E-state index contributed by atoms with van der Waals surface area (Å²) in [6, 6.07) is -0.357. The molecule has 0 spiro atoms. The average Bonchev–Trinajstić information content (AvgIpc) is 3.20. The van der Waals surface area contributed by atoms with Crippen molar-refractivity contribution in [2.75, 3.05) is 30.5 Å². The number of carbonyl (C=O) groups is 2. The van der Waals surface area contributed by atoms with E-state index in [0.717, 1.165) is 10.7 Å². The molecule has 1 atom stereocenters. The first-order chi connectivity index (χ1) is 11.8. The number of hydrogen-bond acceptors (Lipinski definition) is 5. The number of rotatable bonds is 5. The van der Waals surface area contributed by atoms with Crippen LogP contribution in [0.1, 0.15) is 19.3 Å². The molecule has 25 heavy (non-hydrogen) atoms. The van der Waals surface area contributed by atoms with Crippen molar-refractivity contribution in [2.45, 2.75) is 25.3 Å². The number of carboxylic acids is 1. The van der Waals surface area contributed by atoms with Crippen LogP contribution in [0.5, 0.6) is 0 Å². The lowest BCUT2D eigenvalue weighted by Gasteiger charge is -2.26. The van der Waals surface area contributed by atoms with Crippen molar-refractivity contribution in [2.24, 2.45) is 7.05 Å². The molecule has 3 heterocycles. The summed E-state index contributed by atoms with van der Waals surface area (Å²) < 4.78 is 29.2. The van der Waals surface area contributed by atoms with Gasteiger partial charge in [0.1, 0.15) is 0 Å². The number of likely N-dealkylation sites (tertiary alicyclic amines) is 1. The van der Waals surface area contributed by atoms with Gasteiger partial charge in [0.2, 0.25) is 5.91 Å². The number of aliphatic carboxylic acids is 1. The van der Waals surface area contributed by atoms with Gasteiger partial charge in [-0.05, 0) is 12.8 Å². The molecule has 2 aliphatic heterocycles. The average molecular weight is 371 g/mol. The minimum atomic E-state index is -3.78. The summed E-state index contributed by atoms with van der Waals surface area (Å²) in [6.07, 6.45) is 4.32. The number of amides is 1. The zero-order chi connectivity index (χ0) is 18.2. The maximum atomic E-state index is 12.7. The monoisotopic (exact) mass is 371 g/mol. The molecule has 0 bridgehead atoms. The van der Waals surface area contributed by atoms with E-state index in [0.29, 0.717) is 18.7 Å². The highest BCUT2D eigenvalue weighted by Crippen LogP contribution is 2.26. The Morgan fingerprint density at radius 3 is 2.72 bits per heavy atom. The van der Waals surface area contributed by atoms with E-state index in [9.17, 15) is 18.0 Å². The topological polar surface area (TPSA) is 116 Å². The Bertz CT molecular complexity index is 776. The molecule has 0 aliphatic carbocycles. The summed E-state index contributed by atoms with van der Waals surface area (Å²) in [5, 5.41) is 12.9. The van der Waals surface area contributed by atoms with E-state index in [4.69, 9.17) is 5.11 Å². The van der Waals surface area contributed by atoms with E-state index in [2.05, 4.69) is 5.10 Å². The molecule has 0 aromatic carbocycles. The maximum Gasteiger partial charge on any atom is 0.305 e. The minimum Gasteiger partial charge on any atom is -0.481 e. The van der Waals surface area contributed by atoms with Gasteiger partial charge in [0.25, 0.3) is 0 Å². The molecule has 138 valence electrons. The first-order valence-electron chi connectivity index (χ1n) is 8.07. The third-order valence-electron chi connectivity index (χ3n) is 4.56. The summed E-state index contributed by atoms with van der Waals surface area (Å²) in [5.74, 6) is -1.30. The summed E-state index contributed by atoms with van der Waals surface area (Å²) in [4.78, 5) is 24.9. The quantitative estimate of drug-likeness (QED) is 0.728. The van der Waals surface area contributed by atoms with Crippen LogP contribution in [-0.4, -0.2) is 76.6 Å². The number of nitrogens with zero attached hydrogens (tertiary/aromatic N) is 5. The highest BCUT2D eigenvalue weighted by atomic mass is 32.2. The van der Waals surface area contributed by atoms with Crippen LogP contribution in [0.4, 0.5) is 5.69 Å². The molecule has 1 amide bonds. The molecule has 3 rings (SSSR count). The van der Waals surface area contributed by atoms with Gasteiger partial charge in [0.15, 0.2) is 0 Å². The lowest BCUT2D eigenvalue weighted by atomic mass is 10.1. The number of aryl methyl sites for hydroxylation is 1. The number of anilines is 1. The van der Waals surface area contributed by atoms with E-state index in [-0.39, 0.29) is 38.0 Å². The Balaban J connectivity index is 1.69. The van der Waals surface area contributed by atoms with E-state index < -0.39 is 16.2 Å². The van der Waals surface area contributed by atoms with Gasteiger partial charge >= 0.3 is 16.2 Å². The van der Waals surface area contributed by atoms with Crippen molar-refractivity contribution in [1.82, 2.24) is 19.0 Å². The molecule has 1 aromatic heterocycles. The molecule has 11 heteroatoms. The van der Waals surface area contributed by atoms with Crippen LogP contribution >= 0.6 is 0 Å². The van der Waals surface area contributed by atoms with Crippen molar-refractivity contribution in [3.63, 3.8) is 0 Å². The van der Waals surface area contributed by atoms with Crippen LogP contribution in [0.3, 0.4) is 0 Å². The van der Waals surface area contributed by atoms with Gasteiger partial charge in [0, 0.05) is 38.9 Å². The molecule has 1 aromatic rings. The molecule has 1 N–H and O–H groups in total. The summed E-state index contributed by atoms with van der Waals surface area (Å²) in [7, 11) is -2.09. The van der Waals surface area contributed by atoms with Gasteiger partial charge in [-0.1, -0.05) is 0 Å². The second-order valence-electron chi connectivity index (χ2n) is 6.27. The number of carboxylic acid groups (broad SMARTS) is 1. The van der Waals surface area contributed by atoms with Gasteiger partial charge in [-0.25, -0.2) is 0 Å². The highest BCUT2D eigenvalue weighted by molar-refractivity contribution is 7.90. The number of aromatic nitrogens is 2. The Hall–Kier alpha value is -2.14. The summed E-state index contributed by atoms with van der Waals surface area (Å²) in [5.41, 5.74) is 0.461. The Morgan fingerprint density at radius 2 is 2.08 bits per heavy atom. The van der Waals surface area contributed by atoms with Gasteiger partial charge in [-0.2, -0.15) is 17.8 Å². The highest BCUT2D eigenvalue weighted by Gasteiger charge is 2.40. The molecule has 0 radical (unpaired) electrons. The van der Waals surface area contributed by atoms with Gasteiger partial charge < -0.3 is 10.0 Å². The van der Waals surface area contributed by atoms with Crippen molar-refractivity contribution in [1.29, 1.82) is 0 Å². The Labute approximate surface area is 145 Å². The van der Waals surface area contributed by atoms with E-state index in [1.807, 2.05) is 0 Å². The van der Waals surface area contributed by atoms with Crippen LogP contribution < -0.4 is 4.31 Å². The largest absolute Gasteiger partial charge is 0.481 e. The molecule has 0 saturated carbocycles. The molecule has 2 saturated heterocycles. The van der Waals surface area contributed by atoms with Crippen molar-refractivity contribution >= 4 is 27.8 Å². The zero-order valence-corrected chi connectivity index (χ0v) is 14.7. The first kappa shape index (κ1) is 17.7. The van der Waals surface area contributed by atoms with Crippen molar-refractivity contribution in [3.8, 4) is 0 Å². The molecule has 2 aliphatic rings. The lowest BCUT2D eigenvalue weighted by Crippen LogP contribution is -2.44. The molecular weight excluding hydrogens is 350 g/mol. The minimum absolute atomic E-state index is 0.111. The van der Waals surface area contributed by atoms with E-state index in [1.54, 1.807) is 13.2 Å². The molecule has 2 fully saturated rings. The number of hydrogen-bond donors (Lipinski definition) is 1. The molecule has 10 nitrogen and oxygen atoms in total. The second-order valence-corrected chi connectivity index (χ2v) is 8.12. The van der Waals surface area contributed by atoms with Crippen LogP contribution in [0, 0.1) is 0 Å². The fourth-order valence-corrected chi connectivity index (χ4v) is 4.89. The summed E-state index contributed by atoms with van der Waals surface area (Å²) in [6.45, 7) is 0.659. The fourth-order valence-electron chi connectivity index (χ4n) is 3.35. The fraction of sp³-hybridized carbons (Fsp3) is 0.643. The summed E-state index contributed by atoms with van der Waals surface area (Å²) >= 11 is 0. The van der Waals surface area contributed by atoms with Crippen LogP contribution in [-0.2, 0) is 26.8 Å². The Morgan fingerprint density at radius 1 is 1.32 bits per heavy atom. The van der Waals surface area contributed by atoms with E-state index in [1.165, 1.54) is 20.1 Å². The van der Waals surface area contributed by atoms with Crippen molar-refractivity contribution in [3.05, 3.63) is 12.4 Å². The maximum absolute atomic E-state index is 12.7. The predicted octanol–water partition coefficient (Wildman–Crippen LogP) is -0.747. The molecular formula is C14H21N5O5S. The first-order valence-corrected chi connectivity index (χ1v) is 9.46.